The van der Waals surface area contributed by atoms with Gasteiger partial charge in [-0.25, -0.2) is 0 Å². The van der Waals surface area contributed by atoms with Crippen molar-refractivity contribution in [3.63, 3.8) is 0 Å². The molecule has 0 atom stereocenters. The normalized spacial score (nSPS) is 12.3. The third-order valence-corrected chi connectivity index (χ3v) is 4.42. The monoisotopic (exact) mass is 326 g/mol. The SMILES string of the molecule is COc1ccc(Cc2cc(C(C)(C)C)cc(C(C)(C)C)c2O)cc1. The van der Waals surface area contributed by atoms with Crippen LogP contribution in [-0.4, -0.2) is 12.2 Å². The van der Waals surface area contributed by atoms with E-state index in [9.17, 15) is 5.11 Å². The van der Waals surface area contributed by atoms with E-state index in [1.807, 2.05) is 12.1 Å². The molecule has 0 aliphatic rings. The molecule has 0 saturated carbocycles. The molecular weight excluding hydrogens is 296 g/mol. The Morgan fingerprint density at radius 2 is 1.46 bits per heavy atom. The van der Waals surface area contributed by atoms with Crippen LogP contribution in [0.2, 0.25) is 0 Å². The largest absolute Gasteiger partial charge is 0.507 e. The van der Waals surface area contributed by atoms with E-state index in [1.165, 1.54) is 5.56 Å². The molecule has 2 nitrogen and oxygen atoms in total. The first-order chi connectivity index (χ1) is 11.0. The predicted octanol–water partition coefficient (Wildman–Crippen LogP) is 5.59. The van der Waals surface area contributed by atoms with Crippen molar-refractivity contribution in [2.45, 2.75) is 58.8 Å². The zero-order valence-electron chi connectivity index (χ0n) is 16.0. The van der Waals surface area contributed by atoms with Crippen molar-refractivity contribution in [2.75, 3.05) is 7.11 Å². The first kappa shape index (κ1) is 18.4. The highest BCUT2D eigenvalue weighted by Gasteiger charge is 2.24. The summed E-state index contributed by atoms with van der Waals surface area (Å²) in [5, 5.41) is 10.9. The van der Waals surface area contributed by atoms with E-state index in [1.54, 1.807) is 7.11 Å². The number of hydrogen-bond acceptors (Lipinski definition) is 2. The van der Waals surface area contributed by atoms with Crippen LogP contribution in [0.1, 0.15) is 63.8 Å². The Balaban J connectivity index is 2.51. The number of rotatable bonds is 3. The maximum atomic E-state index is 10.9. The molecule has 0 aliphatic carbocycles. The lowest BCUT2D eigenvalue weighted by molar-refractivity contribution is 0.414. The summed E-state index contributed by atoms with van der Waals surface area (Å²) in [5.41, 5.74) is 4.37. The Hall–Kier alpha value is -1.96. The van der Waals surface area contributed by atoms with Gasteiger partial charge < -0.3 is 9.84 Å². The molecule has 2 aromatic rings. The number of ether oxygens (including phenoxy) is 1. The lowest BCUT2D eigenvalue weighted by atomic mass is 9.78. The summed E-state index contributed by atoms with van der Waals surface area (Å²) in [6.07, 6.45) is 0.711. The van der Waals surface area contributed by atoms with Gasteiger partial charge in [-0.15, -0.1) is 0 Å². The van der Waals surface area contributed by atoms with E-state index in [2.05, 4.69) is 65.8 Å². The fourth-order valence-electron chi connectivity index (χ4n) is 2.80. The lowest BCUT2D eigenvalue weighted by Crippen LogP contribution is -2.17. The molecular formula is C22H30O2. The van der Waals surface area contributed by atoms with Crippen LogP contribution < -0.4 is 4.74 Å². The van der Waals surface area contributed by atoms with Crippen LogP contribution >= 0.6 is 0 Å². The molecule has 0 aliphatic heterocycles. The van der Waals surface area contributed by atoms with Crippen LogP contribution in [0.15, 0.2) is 36.4 Å². The van der Waals surface area contributed by atoms with Gasteiger partial charge in [0.25, 0.3) is 0 Å². The lowest BCUT2D eigenvalue weighted by Gasteiger charge is -2.27. The Kier molecular flexibility index (Phi) is 4.98. The number of phenolic OH excluding ortho intramolecular Hbond substituents is 1. The third-order valence-electron chi connectivity index (χ3n) is 4.42. The van der Waals surface area contributed by atoms with Crippen LogP contribution in [0.5, 0.6) is 11.5 Å². The summed E-state index contributed by atoms with van der Waals surface area (Å²) in [5.74, 6) is 1.27. The minimum atomic E-state index is -0.0972. The molecule has 1 N–H and O–H groups in total. The maximum absolute atomic E-state index is 10.9. The van der Waals surface area contributed by atoms with Gasteiger partial charge in [-0.05, 0) is 45.2 Å². The highest BCUT2D eigenvalue weighted by atomic mass is 16.5. The average Bonchev–Trinajstić information content (AvgIpc) is 2.47. The molecule has 130 valence electrons. The van der Waals surface area contributed by atoms with E-state index in [4.69, 9.17) is 4.74 Å². The zero-order valence-corrected chi connectivity index (χ0v) is 16.0. The molecule has 0 amide bonds. The topological polar surface area (TPSA) is 29.5 Å². The van der Waals surface area contributed by atoms with Crippen molar-refractivity contribution in [1.29, 1.82) is 0 Å². The zero-order chi connectivity index (χ0) is 18.1. The highest BCUT2D eigenvalue weighted by Crippen LogP contribution is 2.38. The second-order valence-corrected chi connectivity index (χ2v) is 8.56. The van der Waals surface area contributed by atoms with Crippen LogP contribution in [0.4, 0.5) is 0 Å². The van der Waals surface area contributed by atoms with Gasteiger partial charge >= 0.3 is 0 Å². The average molecular weight is 326 g/mol. The minimum absolute atomic E-state index is 0.0440. The van der Waals surface area contributed by atoms with Gasteiger partial charge in [-0.3, -0.25) is 0 Å². The van der Waals surface area contributed by atoms with Crippen molar-refractivity contribution in [2.24, 2.45) is 0 Å². The minimum Gasteiger partial charge on any atom is -0.507 e. The van der Waals surface area contributed by atoms with E-state index >= 15 is 0 Å². The van der Waals surface area contributed by atoms with Crippen LogP contribution in [-0.2, 0) is 17.3 Å². The Morgan fingerprint density at radius 1 is 0.875 bits per heavy atom. The maximum Gasteiger partial charge on any atom is 0.122 e. The molecule has 2 aromatic carbocycles. The molecule has 0 heterocycles. The Labute approximate surface area is 146 Å². The summed E-state index contributed by atoms with van der Waals surface area (Å²) < 4.78 is 5.22. The van der Waals surface area contributed by atoms with Crippen molar-refractivity contribution >= 4 is 0 Å². The molecule has 0 bridgehead atoms. The number of phenols is 1. The number of methoxy groups -OCH3 is 1. The summed E-state index contributed by atoms with van der Waals surface area (Å²) in [6, 6.07) is 12.3. The van der Waals surface area contributed by atoms with Gasteiger partial charge in [0.05, 0.1) is 7.11 Å². The molecule has 0 saturated heterocycles. The fourth-order valence-corrected chi connectivity index (χ4v) is 2.80. The second kappa shape index (κ2) is 6.51. The van der Waals surface area contributed by atoms with Gasteiger partial charge in [0.15, 0.2) is 0 Å². The smallest absolute Gasteiger partial charge is 0.122 e. The van der Waals surface area contributed by atoms with Crippen LogP contribution in [0.3, 0.4) is 0 Å². The molecule has 24 heavy (non-hydrogen) atoms. The second-order valence-electron chi connectivity index (χ2n) is 8.56. The molecule has 0 radical (unpaired) electrons. The summed E-state index contributed by atoms with van der Waals surface area (Å²) in [7, 11) is 1.67. The predicted molar refractivity (Wildman–Crippen MR) is 101 cm³/mol. The Bertz CT molecular complexity index is 698. The van der Waals surface area contributed by atoms with Gasteiger partial charge in [-0.2, -0.15) is 0 Å². The van der Waals surface area contributed by atoms with Gasteiger partial charge in [0.1, 0.15) is 11.5 Å². The number of hydrogen-bond donors (Lipinski definition) is 1. The summed E-state index contributed by atoms with van der Waals surface area (Å²) in [6.45, 7) is 13.1. The number of aromatic hydroxyl groups is 1. The quantitative estimate of drug-likeness (QED) is 0.797. The van der Waals surface area contributed by atoms with Crippen LogP contribution in [0, 0.1) is 0 Å². The van der Waals surface area contributed by atoms with E-state index < -0.39 is 0 Å². The highest BCUT2D eigenvalue weighted by molar-refractivity contribution is 5.50. The molecule has 0 unspecified atom stereocenters. The fraction of sp³-hybridized carbons (Fsp3) is 0.455. The van der Waals surface area contributed by atoms with Crippen LogP contribution in [0.25, 0.3) is 0 Å². The molecule has 2 heteroatoms. The summed E-state index contributed by atoms with van der Waals surface area (Å²) >= 11 is 0. The van der Waals surface area contributed by atoms with Crippen molar-refractivity contribution in [3.05, 3.63) is 58.7 Å². The Morgan fingerprint density at radius 3 is 1.92 bits per heavy atom. The van der Waals surface area contributed by atoms with Crippen molar-refractivity contribution in [3.8, 4) is 11.5 Å². The van der Waals surface area contributed by atoms with Gasteiger partial charge in [0.2, 0.25) is 0 Å². The van der Waals surface area contributed by atoms with E-state index in [-0.39, 0.29) is 10.8 Å². The summed E-state index contributed by atoms with van der Waals surface area (Å²) in [4.78, 5) is 0. The van der Waals surface area contributed by atoms with Gasteiger partial charge in [-0.1, -0.05) is 65.8 Å². The van der Waals surface area contributed by atoms with Crippen molar-refractivity contribution < 1.29 is 9.84 Å². The van der Waals surface area contributed by atoms with E-state index in [0.717, 1.165) is 22.4 Å². The van der Waals surface area contributed by atoms with E-state index in [0.29, 0.717) is 12.2 Å². The third kappa shape index (κ3) is 4.11. The molecule has 2 rings (SSSR count). The van der Waals surface area contributed by atoms with Crippen molar-refractivity contribution in [1.82, 2.24) is 0 Å². The standard InChI is InChI=1S/C22H30O2/c1-21(2,3)17-13-16(20(23)19(14-17)22(4,5)6)12-15-8-10-18(24-7)11-9-15/h8-11,13-14,23H,12H2,1-7H3. The molecule has 0 fully saturated rings. The molecule has 0 spiro atoms. The van der Waals surface area contributed by atoms with Gasteiger partial charge in [0, 0.05) is 6.42 Å². The first-order valence-electron chi connectivity index (χ1n) is 8.52. The number of benzene rings is 2. The first-order valence-corrected chi connectivity index (χ1v) is 8.52. The molecule has 0 aromatic heterocycles.